The van der Waals surface area contributed by atoms with Crippen molar-refractivity contribution in [2.75, 3.05) is 7.11 Å². The number of hydrogen-bond donors (Lipinski definition) is 1. The van der Waals surface area contributed by atoms with Gasteiger partial charge in [0.25, 0.3) is 0 Å². The van der Waals surface area contributed by atoms with Gasteiger partial charge < -0.3 is 10.5 Å². The minimum Gasteiger partial charge on any atom is -0.469 e. The van der Waals surface area contributed by atoms with Crippen LogP contribution in [0.4, 0.5) is 0 Å². The second-order valence-corrected chi connectivity index (χ2v) is 5.35. The SMILES string of the molecule is COC(=O)CCC(N)C(=O)c1ccc(-c2ccc(C#N)cc2)cc1. The number of nitrogens with two attached hydrogens (primary N) is 1. The third kappa shape index (κ3) is 4.28. The summed E-state index contributed by atoms with van der Waals surface area (Å²) in [5.74, 6) is -0.584. The molecule has 0 aliphatic rings. The van der Waals surface area contributed by atoms with Gasteiger partial charge in [-0.3, -0.25) is 9.59 Å². The zero-order valence-electron chi connectivity index (χ0n) is 13.4. The number of benzene rings is 2. The quantitative estimate of drug-likeness (QED) is 0.652. The highest BCUT2D eigenvalue weighted by Crippen LogP contribution is 2.21. The van der Waals surface area contributed by atoms with Crippen molar-refractivity contribution in [1.82, 2.24) is 0 Å². The summed E-state index contributed by atoms with van der Waals surface area (Å²) >= 11 is 0. The standard InChI is InChI=1S/C19H18N2O3/c1-24-18(22)11-10-17(21)19(23)16-8-6-15(7-9-16)14-4-2-13(12-20)3-5-14/h2-9,17H,10-11,21H2,1H3. The van der Waals surface area contributed by atoms with Crippen LogP contribution in [0.25, 0.3) is 11.1 Å². The number of hydrogen-bond acceptors (Lipinski definition) is 5. The maximum atomic E-state index is 12.3. The fourth-order valence-corrected chi connectivity index (χ4v) is 2.28. The third-order valence-electron chi connectivity index (χ3n) is 3.74. The highest BCUT2D eigenvalue weighted by atomic mass is 16.5. The molecule has 0 saturated carbocycles. The number of methoxy groups -OCH3 is 1. The zero-order valence-corrected chi connectivity index (χ0v) is 13.4. The van der Waals surface area contributed by atoms with E-state index in [2.05, 4.69) is 10.8 Å². The molecule has 1 unspecified atom stereocenters. The second-order valence-electron chi connectivity index (χ2n) is 5.35. The number of rotatable bonds is 6. The molecule has 2 aromatic carbocycles. The molecule has 0 spiro atoms. The molecule has 0 heterocycles. The highest BCUT2D eigenvalue weighted by molar-refractivity contribution is 6.00. The molecule has 2 aromatic rings. The number of Topliss-reactive ketones (excluding diaryl/α,β-unsaturated/α-hetero) is 1. The van der Waals surface area contributed by atoms with Gasteiger partial charge in [0, 0.05) is 12.0 Å². The Morgan fingerprint density at radius 2 is 1.62 bits per heavy atom. The molecule has 0 aromatic heterocycles. The van der Waals surface area contributed by atoms with Gasteiger partial charge >= 0.3 is 5.97 Å². The summed E-state index contributed by atoms with van der Waals surface area (Å²) in [6, 6.07) is 15.7. The number of carbonyl (C=O) groups excluding carboxylic acids is 2. The maximum Gasteiger partial charge on any atom is 0.305 e. The first-order valence-electron chi connectivity index (χ1n) is 7.52. The first kappa shape index (κ1) is 17.4. The second kappa shape index (κ2) is 8.04. The molecule has 2 N–H and O–H groups in total. The Hall–Kier alpha value is -2.97. The molecule has 0 aliphatic carbocycles. The summed E-state index contributed by atoms with van der Waals surface area (Å²) in [4.78, 5) is 23.4. The van der Waals surface area contributed by atoms with E-state index in [0.717, 1.165) is 11.1 Å². The van der Waals surface area contributed by atoms with E-state index >= 15 is 0 Å². The average Bonchev–Trinajstić information content (AvgIpc) is 2.65. The topological polar surface area (TPSA) is 93.2 Å². The third-order valence-corrected chi connectivity index (χ3v) is 3.74. The van der Waals surface area contributed by atoms with Crippen molar-refractivity contribution < 1.29 is 14.3 Å². The van der Waals surface area contributed by atoms with Gasteiger partial charge in [-0.25, -0.2) is 0 Å². The number of ether oxygens (including phenoxy) is 1. The predicted octanol–water partition coefficient (Wildman–Crippen LogP) is 2.69. The lowest BCUT2D eigenvalue weighted by Gasteiger charge is -2.10. The van der Waals surface area contributed by atoms with Crippen molar-refractivity contribution in [2.45, 2.75) is 18.9 Å². The van der Waals surface area contributed by atoms with E-state index in [1.807, 2.05) is 24.3 Å². The summed E-state index contributed by atoms with van der Waals surface area (Å²) in [7, 11) is 1.30. The summed E-state index contributed by atoms with van der Waals surface area (Å²) in [6.45, 7) is 0. The van der Waals surface area contributed by atoms with Crippen molar-refractivity contribution in [3.05, 3.63) is 59.7 Å². The van der Waals surface area contributed by atoms with Crippen LogP contribution in [-0.2, 0) is 9.53 Å². The molecule has 24 heavy (non-hydrogen) atoms. The van der Waals surface area contributed by atoms with Crippen LogP contribution < -0.4 is 5.73 Å². The Morgan fingerprint density at radius 3 is 2.12 bits per heavy atom. The number of carbonyl (C=O) groups is 2. The van der Waals surface area contributed by atoms with Gasteiger partial charge in [0.1, 0.15) is 0 Å². The number of nitriles is 1. The number of esters is 1. The number of ketones is 1. The van der Waals surface area contributed by atoms with Crippen LogP contribution in [0, 0.1) is 11.3 Å². The first-order chi connectivity index (χ1) is 11.5. The van der Waals surface area contributed by atoms with Crippen molar-refractivity contribution in [3.8, 4) is 17.2 Å². The highest BCUT2D eigenvalue weighted by Gasteiger charge is 2.17. The van der Waals surface area contributed by atoms with E-state index in [1.165, 1.54) is 7.11 Å². The van der Waals surface area contributed by atoms with Crippen molar-refractivity contribution in [1.29, 1.82) is 5.26 Å². The normalized spacial score (nSPS) is 11.4. The lowest BCUT2D eigenvalue weighted by atomic mass is 9.97. The van der Waals surface area contributed by atoms with Crippen LogP contribution in [0.15, 0.2) is 48.5 Å². The fraction of sp³-hybridized carbons (Fsp3) is 0.211. The van der Waals surface area contributed by atoms with Gasteiger partial charge in [0.05, 0.1) is 24.8 Å². The van der Waals surface area contributed by atoms with Crippen LogP contribution in [0.3, 0.4) is 0 Å². The summed E-state index contributed by atoms with van der Waals surface area (Å²) in [5, 5.41) is 8.81. The molecule has 0 saturated heterocycles. The molecule has 5 heteroatoms. The van der Waals surface area contributed by atoms with E-state index < -0.39 is 6.04 Å². The van der Waals surface area contributed by atoms with Gasteiger partial charge in [0.15, 0.2) is 5.78 Å². The molecule has 0 amide bonds. The van der Waals surface area contributed by atoms with Crippen molar-refractivity contribution in [2.24, 2.45) is 5.73 Å². The average molecular weight is 322 g/mol. The fourth-order valence-electron chi connectivity index (χ4n) is 2.28. The van der Waals surface area contributed by atoms with Crippen LogP contribution in [0.2, 0.25) is 0 Å². The molecule has 2 rings (SSSR count). The van der Waals surface area contributed by atoms with Crippen LogP contribution >= 0.6 is 0 Å². The predicted molar refractivity (Wildman–Crippen MR) is 90.1 cm³/mol. The van der Waals surface area contributed by atoms with E-state index in [-0.39, 0.29) is 24.6 Å². The molecule has 5 nitrogen and oxygen atoms in total. The van der Waals surface area contributed by atoms with Gasteiger partial charge in [-0.1, -0.05) is 36.4 Å². The summed E-state index contributed by atoms with van der Waals surface area (Å²) in [6.07, 6.45) is 0.371. The van der Waals surface area contributed by atoms with Gasteiger partial charge in [-0.15, -0.1) is 0 Å². The van der Waals surface area contributed by atoms with E-state index in [4.69, 9.17) is 11.0 Å². The maximum absolute atomic E-state index is 12.3. The largest absolute Gasteiger partial charge is 0.469 e. The molecule has 122 valence electrons. The molecule has 0 bridgehead atoms. The molecule has 0 radical (unpaired) electrons. The molecule has 1 atom stereocenters. The monoisotopic (exact) mass is 322 g/mol. The van der Waals surface area contributed by atoms with Gasteiger partial charge in [0.2, 0.25) is 0 Å². The van der Waals surface area contributed by atoms with Crippen LogP contribution in [-0.4, -0.2) is 24.9 Å². The Bertz CT molecular complexity index is 759. The van der Waals surface area contributed by atoms with Crippen LogP contribution in [0.5, 0.6) is 0 Å². The van der Waals surface area contributed by atoms with Crippen molar-refractivity contribution >= 4 is 11.8 Å². The van der Waals surface area contributed by atoms with E-state index in [1.54, 1.807) is 24.3 Å². The Balaban J connectivity index is 2.06. The lowest BCUT2D eigenvalue weighted by Crippen LogP contribution is -2.31. The minimum atomic E-state index is -0.732. The molecule has 0 aliphatic heterocycles. The Labute approximate surface area is 140 Å². The van der Waals surface area contributed by atoms with Crippen molar-refractivity contribution in [3.63, 3.8) is 0 Å². The zero-order chi connectivity index (χ0) is 17.5. The Morgan fingerprint density at radius 1 is 1.08 bits per heavy atom. The molecular formula is C19H18N2O3. The smallest absolute Gasteiger partial charge is 0.305 e. The lowest BCUT2D eigenvalue weighted by molar-refractivity contribution is -0.140. The Kier molecular flexibility index (Phi) is 5.83. The van der Waals surface area contributed by atoms with Gasteiger partial charge in [-0.05, 0) is 29.7 Å². The summed E-state index contributed by atoms with van der Waals surface area (Å²) in [5.41, 5.74) is 8.85. The molecule has 0 fully saturated rings. The number of nitrogens with zero attached hydrogens (tertiary/aromatic N) is 1. The first-order valence-corrected chi connectivity index (χ1v) is 7.52. The minimum absolute atomic E-state index is 0.118. The van der Waals surface area contributed by atoms with E-state index in [9.17, 15) is 9.59 Å². The van der Waals surface area contributed by atoms with Gasteiger partial charge in [-0.2, -0.15) is 5.26 Å². The van der Waals surface area contributed by atoms with Crippen LogP contribution in [0.1, 0.15) is 28.8 Å². The van der Waals surface area contributed by atoms with E-state index in [0.29, 0.717) is 11.1 Å². The summed E-state index contributed by atoms with van der Waals surface area (Å²) < 4.78 is 4.54. The molecular weight excluding hydrogens is 304 g/mol.